The van der Waals surface area contributed by atoms with Crippen LogP contribution in [0.2, 0.25) is 15.1 Å². The van der Waals surface area contributed by atoms with Gasteiger partial charge in [0.1, 0.15) is 17.4 Å². The van der Waals surface area contributed by atoms with Gasteiger partial charge in [0.25, 0.3) is 5.91 Å². The highest BCUT2D eigenvalue weighted by Crippen LogP contribution is 2.25. The first-order valence-electron chi connectivity index (χ1n) is 8.82. The third-order valence-electron chi connectivity index (χ3n) is 4.02. The Labute approximate surface area is 193 Å². The van der Waals surface area contributed by atoms with Crippen molar-refractivity contribution in [1.82, 2.24) is 0 Å². The van der Waals surface area contributed by atoms with Gasteiger partial charge in [-0.1, -0.05) is 46.9 Å². The fourth-order valence-electron chi connectivity index (χ4n) is 2.47. The Bertz CT molecular complexity index is 1200. The number of benzene rings is 3. The third-order valence-corrected chi connectivity index (χ3v) is 5.02. The molecule has 0 heterocycles. The van der Waals surface area contributed by atoms with Gasteiger partial charge < -0.3 is 10.1 Å². The molecule has 1 amide bonds. The van der Waals surface area contributed by atoms with Crippen molar-refractivity contribution in [3.05, 3.63) is 98.5 Å². The molecule has 0 radical (unpaired) electrons. The van der Waals surface area contributed by atoms with Crippen LogP contribution in [0.25, 0.3) is 6.08 Å². The zero-order valence-corrected chi connectivity index (χ0v) is 18.0. The second-order valence-electron chi connectivity index (χ2n) is 6.22. The van der Waals surface area contributed by atoms with Crippen LogP contribution in [0.1, 0.15) is 15.9 Å². The largest absolute Gasteiger partial charge is 0.423 e. The number of hydrogen-bond donors (Lipinski definition) is 1. The van der Waals surface area contributed by atoms with Gasteiger partial charge in [0.15, 0.2) is 0 Å². The predicted octanol–water partition coefficient (Wildman–Crippen LogP) is 6.41. The maximum absolute atomic E-state index is 12.4. The quantitative estimate of drug-likeness (QED) is 0.202. The number of amides is 1. The Morgan fingerprint density at radius 2 is 1.58 bits per heavy atom. The van der Waals surface area contributed by atoms with Crippen molar-refractivity contribution in [3.8, 4) is 11.8 Å². The lowest BCUT2D eigenvalue weighted by Gasteiger charge is -2.06. The van der Waals surface area contributed by atoms with Gasteiger partial charge >= 0.3 is 5.97 Å². The van der Waals surface area contributed by atoms with E-state index in [1.165, 1.54) is 12.1 Å². The van der Waals surface area contributed by atoms with E-state index in [9.17, 15) is 14.9 Å². The normalized spacial score (nSPS) is 10.8. The molecule has 0 atom stereocenters. The summed E-state index contributed by atoms with van der Waals surface area (Å²) in [6, 6.07) is 19.1. The van der Waals surface area contributed by atoms with E-state index in [1.54, 1.807) is 60.7 Å². The molecule has 0 saturated carbocycles. The SMILES string of the molecule is N#C/C(=C/c1ccc(OC(=O)c2ccc(Cl)cc2)cc1)C(=O)Nc1ccc(Cl)c(Cl)c1. The zero-order chi connectivity index (χ0) is 22.4. The summed E-state index contributed by atoms with van der Waals surface area (Å²) < 4.78 is 5.30. The van der Waals surface area contributed by atoms with Crippen LogP contribution < -0.4 is 10.1 Å². The molecule has 0 fully saturated rings. The molecule has 5 nitrogen and oxygen atoms in total. The standard InChI is InChI=1S/C23H13Cl3N2O3/c24-17-5-3-15(4-6-17)23(30)31-19-8-1-14(2-9-19)11-16(13-27)22(29)28-18-7-10-20(25)21(26)12-18/h1-12H,(H,28,29)/b16-11-. The number of nitrogens with zero attached hydrogens (tertiary/aromatic N) is 1. The molecule has 0 aromatic heterocycles. The van der Waals surface area contributed by atoms with Gasteiger partial charge in [-0.3, -0.25) is 4.79 Å². The molecule has 0 aliphatic carbocycles. The Morgan fingerprint density at radius 1 is 0.903 bits per heavy atom. The van der Waals surface area contributed by atoms with Crippen LogP contribution in [0, 0.1) is 11.3 Å². The van der Waals surface area contributed by atoms with Crippen molar-refractivity contribution in [1.29, 1.82) is 5.26 Å². The molecule has 0 bridgehead atoms. The van der Waals surface area contributed by atoms with Gasteiger partial charge in [0.05, 0.1) is 15.6 Å². The lowest BCUT2D eigenvalue weighted by atomic mass is 10.1. The minimum Gasteiger partial charge on any atom is -0.423 e. The number of carbonyl (C=O) groups is 2. The van der Waals surface area contributed by atoms with Crippen molar-refractivity contribution in [2.45, 2.75) is 0 Å². The van der Waals surface area contributed by atoms with Crippen LogP contribution in [0.15, 0.2) is 72.3 Å². The summed E-state index contributed by atoms with van der Waals surface area (Å²) in [7, 11) is 0. The molecule has 8 heteroatoms. The van der Waals surface area contributed by atoms with Gasteiger partial charge in [-0.25, -0.2) is 4.79 Å². The van der Waals surface area contributed by atoms with E-state index in [0.717, 1.165) is 0 Å². The van der Waals surface area contributed by atoms with Crippen molar-refractivity contribution in [2.75, 3.05) is 5.32 Å². The molecule has 154 valence electrons. The molecular weight excluding hydrogens is 459 g/mol. The van der Waals surface area contributed by atoms with E-state index in [2.05, 4.69) is 5.32 Å². The molecule has 0 unspecified atom stereocenters. The molecule has 3 aromatic carbocycles. The highest BCUT2D eigenvalue weighted by Gasteiger charge is 2.12. The summed E-state index contributed by atoms with van der Waals surface area (Å²) in [6.45, 7) is 0. The van der Waals surface area contributed by atoms with E-state index in [4.69, 9.17) is 39.5 Å². The number of rotatable bonds is 5. The third kappa shape index (κ3) is 6.09. The average Bonchev–Trinajstić information content (AvgIpc) is 2.76. The molecule has 0 spiro atoms. The minimum atomic E-state index is -0.598. The Morgan fingerprint density at radius 3 is 2.19 bits per heavy atom. The number of carbonyl (C=O) groups excluding carboxylic acids is 2. The van der Waals surface area contributed by atoms with Gasteiger partial charge in [-0.15, -0.1) is 0 Å². The fourth-order valence-corrected chi connectivity index (χ4v) is 2.90. The molecule has 0 aliphatic rings. The van der Waals surface area contributed by atoms with Crippen LogP contribution in [-0.4, -0.2) is 11.9 Å². The summed E-state index contributed by atoms with van der Waals surface area (Å²) in [6.07, 6.45) is 1.41. The Hall–Kier alpha value is -3.30. The first-order valence-corrected chi connectivity index (χ1v) is 9.95. The lowest BCUT2D eigenvalue weighted by Crippen LogP contribution is -2.13. The smallest absolute Gasteiger partial charge is 0.343 e. The fraction of sp³-hybridized carbons (Fsp3) is 0. The summed E-state index contributed by atoms with van der Waals surface area (Å²) >= 11 is 17.6. The van der Waals surface area contributed by atoms with E-state index in [1.807, 2.05) is 6.07 Å². The summed E-state index contributed by atoms with van der Waals surface area (Å²) in [5.41, 5.74) is 1.23. The number of nitriles is 1. The van der Waals surface area contributed by atoms with Crippen LogP contribution in [0.5, 0.6) is 5.75 Å². The molecule has 0 aliphatic heterocycles. The summed E-state index contributed by atoms with van der Waals surface area (Å²) in [5.74, 6) is -0.811. The topological polar surface area (TPSA) is 79.2 Å². The van der Waals surface area contributed by atoms with E-state index < -0.39 is 11.9 Å². The molecule has 3 aromatic rings. The van der Waals surface area contributed by atoms with Crippen LogP contribution in [0.4, 0.5) is 5.69 Å². The number of halogens is 3. The molecule has 31 heavy (non-hydrogen) atoms. The van der Waals surface area contributed by atoms with Crippen molar-refractivity contribution in [3.63, 3.8) is 0 Å². The van der Waals surface area contributed by atoms with Crippen molar-refractivity contribution in [2.24, 2.45) is 0 Å². The van der Waals surface area contributed by atoms with Crippen LogP contribution in [-0.2, 0) is 4.79 Å². The molecule has 3 rings (SSSR count). The van der Waals surface area contributed by atoms with Crippen LogP contribution in [0.3, 0.4) is 0 Å². The first kappa shape index (κ1) is 22.4. The number of anilines is 1. The maximum Gasteiger partial charge on any atom is 0.343 e. The van der Waals surface area contributed by atoms with E-state index >= 15 is 0 Å². The number of ether oxygens (including phenoxy) is 1. The molecule has 0 saturated heterocycles. The molecule has 1 N–H and O–H groups in total. The van der Waals surface area contributed by atoms with E-state index in [-0.39, 0.29) is 10.6 Å². The number of nitrogens with one attached hydrogen (secondary N) is 1. The van der Waals surface area contributed by atoms with Gasteiger partial charge in [-0.05, 0) is 66.2 Å². The Kier molecular flexibility index (Phi) is 7.32. The Balaban J connectivity index is 1.69. The van der Waals surface area contributed by atoms with Crippen molar-refractivity contribution < 1.29 is 14.3 Å². The number of hydrogen-bond acceptors (Lipinski definition) is 4. The highest BCUT2D eigenvalue weighted by molar-refractivity contribution is 6.42. The van der Waals surface area contributed by atoms with Crippen molar-refractivity contribution >= 4 is 58.4 Å². The number of esters is 1. The summed E-state index contributed by atoms with van der Waals surface area (Å²) in [4.78, 5) is 24.5. The van der Waals surface area contributed by atoms with Crippen LogP contribution >= 0.6 is 34.8 Å². The second kappa shape index (κ2) is 10.1. The molecular formula is C23H13Cl3N2O3. The zero-order valence-electron chi connectivity index (χ0n) is 15.7. The van der Waals surface area contributed by atoms with Gasteiger partial charge in [-0.2, -0.15) is 5.26 Å². The second-order valence-corrected chi connectivity index (χ2v) is 7.47. The average molecular weight is 472 g/mol. The monoisotopic (exact) mass is 470 g/mol. The summed E-state index contributed by atoms with van der Waals surface area (Å²) in [5, 5.41) is 13.1. The van der Waals surface area contributed by atoms with Gasteiger partial charge in [0.2, 0.25) is 0 Å². The maximum atomic E-state index is 12.4. The van der Waals surface area contributed by atoms with Gasteiger partial charge in [0, 0.05) is 10.7 Å². The lowest BCUT2D eigenvalue weighted by molar-refractivity contribution is -0.112. The minimum absolute atomic E-state index is 0.114. The first-order chi connectivity index (χ1) is 14.9. The van der Waals surface area contributed by atoms with E-state index in [0.29, 0.717) is 32.6 Å². The highest BCUT2D eigenvalue weighted by atomic mass is 35.5. The predicted molar refractivity (Wildman–Crippen MR) is 122 cm³/mol.